The van der Waals surface area contributed by atoms with Crippen molar-refractivity contribution >= 4 is 23.5 Å². The highest BCUT2D eigenvalue weighted by atomic mass is 32.2. The molecule has 1 saturated heterocycles. The topological polar surface area (TPSA) is 51.0 Å². The molecule has 1 N–H and O–H groups in total. The van der Waals surface area contributed by atoms with E-state index in [0.717, 1.165) is 35.5 Å². The van der Waals surface area contributed by atoms with Gasteiger partial charge in [-0.15, -0.1) is 11.8 Å². The van der Waals surface area contributed by atoms with Crippen LogP contribution in [0, 0.1) is 6.92 Å². The molecular formula is C14H17N3OS2. The Hall–Kier alpha value is -0.980. The van der Waals surface area contributed by atoms with Gasteiger partial charge in [-0.2, -0.15) is 16.7 Å². The Morgan fingerprint density at radius 1 is 1.45 bits per heavy atom. The normalized spacial score (nSPS) is 19.1. The second-order valence-corrected chi connectivity index (χ2v) is 6.85. The standard InChI is InChI=1S/C14H17N3OS2/c1-10-4-2-3-5-12(10)20-9-13-16-14(18-17-13)11-8-19-7-6-15-11/h2-5,11,15H,6-9H2,1H3. The predicted molar refractivity (Wildman–Crippen MR) is 83.1 cm³/mol. The van der Waals surface area contributed by atoms with E-state index in [-0.39, 0.29) is 6.04 Å². The van der Waals surface area contributed by atoms with Crippen molar-refractivity contribution in [1.82, 2.24) is 15.5 Å². The zero-order valence-corrected chi connectivity index (χ0v) is 13.0. The molecular weight excluding hydrogens is 290 g/mol. The van der Waals surface area contributed by atoms with Gasteiger partial charge in [-0.05, 0) is 18.6 Å². The Kier molecular flexibility index (Phi) is 4.65. The number of rotatable bonds is 4. The molecule has 1 aromatic heterocycles. The summed E-state index contributed by atoms with van der Waals surface area (Å²) < 4.78 is 5.37. The molecule has 0 aliphatic carbocycles. The van der Waals surface area contributed by atoms with Gasteiger partial charge in [0.1, 0.15) is 0 Å². The summed E-state index contributed by atoms with van der Waals surface area (Å²) in [6.45, 7) is 3.12. The Balaban J connectivity index is 1.61. The minimum Gasteiger partial charge on any atom is -0.338 e. The highest BCUT2D eigenvalue weighted by Crippen LogP contribution is 2.26. The lowest BCUT2D eigenvalue weighted by Crippen LogP contribution is -2.30. The van der Waals surface area contributed by atoms with E-state index >= 15 is 0 Å². The van der Waals surface area contributed by atoms with Gasteiger partial charge in [0, 0.05) is 22.9 Å². The van der Waals surface area contributed by atoms with E-state index < -0.39 is 0 Å². The molecule has 6 heteroatoms. The van der Waals surface area contributed by atoms with Gasteiger partial charge >= 0.3 is 0 Å². The molecule has 3 rings (SSSR count). The maximum absolute atomic E-state index is 5.37. The summed E-state index contributed by atoms with van der Waals surface area (Å²) in [6.07, 6.45) is 0. The zero-order chi connectivity index (χ0) is 13.8. The third kappa shape index (κ3) is 3.37. The van der Waals surface area contributed by atoms with Crippen molar-refractivity contribution in [3.05, 3.63) is 41.5 Å². The second-order valence-electron chi connectivity index (χ2n) is 4.68. The van der Waals surface area contributed by atoms with Gasteiger partial charge in [0.25, 0.3) is 0 Å². The van der Waals surface area contributed by atoms with E-state index in [1.807, 2.05) is 11.8 Å². The number of hydrogen-bond acceptors (Lipinski definition) is 6. The van der Waals surface area contributed by atoms with Crippen LogP contribution in [-0.2, 0) is 5.75 Å². The molecule has 1 fully saturated rings. The van der Waals surface area contributed by atoms with Crippen molar-refractivity contribution < 1.29 is 4.52 Å². The van der Waals surface area contributed by atoms with Crippen LogP contribution in [-0.4, -0.2) is 28.2 Å². The van der Waals surface area contributed by atoms with Gasteiger partial charge in [0.2, 0.25) is 5.89 Å². The average Bonchev–Trinajstić information content (AvgIpc) is 2.96. The fourth-order valence-corrected chi connectivity index (χ4v) is 3.85. The van der Waals surface area contributed by atoms with E-state index in [1.165, 1.54) is 10.5 Å². The maximum atomic E-state index is 5.37. The molecule has 2 heterocycles. The van der Waals surface area contributed by atoms with Crippen LogP contribution in [0.25, 0.3) is 0 Å². The lowest BCUT2D eigenvalue weighted by molar-refractivity contribution is 0.339. The van der Waals surface area contributed by atoms with Gasteiger partial charge in [0.05, 0.1) is 11.8 Å². The van der Waals surface area contributed by atoms with E-state index in [2.05, 4.69) is 46.6 Å². The van der Waals surface area contributed by atoms with E-state index in [4.69, 9.17) is 4.52 Å². The third-order valence-electron chi connectivity index (χ3n) is 3.15. The molecule has 106 valence electrons. The highest BCUT2D eigenvalue weighted by Gasteiger charge is 2.21. The minimum atomic E-state index is 0.207. The summed E-state index contributed by atoms with van der Waals surface area (Å²) in [6, 6.07) is 8.56. The molecule has 1 aliphatic heterocycles. The van der Waals surface area contributed by atoms with Crippen LogP contribution in [0.15, 0.2) is 33.7 Å². The number of nitrogens with zero attached hydrogens (tertiary/aromatic N) is 2. The van der Waals surface area contributed by atoms with Gasteiger partial charge in [-0.25, -0.2) is 0 Å². The summed E-state index contributed by atoms with van der Waals surface area (Å²) >= 11 is 3.67. The van der Waals surface area contributed by atoms with Crippen molar-refractivity contribution in [3.8, 4) is 0 Å². The van der Waals surface area contributed by atoms with Crippen molar-refractivity contribution in [2.75, 3.05) is 18.1 Å². The van der Waals surface area contributed by atoms with Crippen LogP contribution in [0.2, 0.25) is 0 Å². The summed E-state index contributed by atoms with van der Waals surface area (Å²) in [5, 5.41) is 7.49. The largest absolute Gasteiger partial charge is 0.338 e. The molecule has 1 aromatic carbocycles. The Morgan fingerprint density at radius 2 is 2.35 bits per heavy atom. The van der Waals surface area contributed by atoms with Crippen molar-refractivity contribution in [1.29, 1.82) is 0 Å². The van der Waals surface area contributed by atoms with Crippen LogP contribution in [0.1, 0.15) is 23.3 Å². The minimum absolute atomic E-state index is 0.207. The molecule has 0 spiro atoms. The van der Waals surface area contributed by atoms with Crippen LogP contribution in [0.4, 0.5) is 0 Å². The SMILES string of the molecule is Cc1ccccc1SCc1noc(C2CSCCN2)n1. The summed E-state index contributed by atoms with van der Waals surface area (Å²) in [4.78, 5) is 5.77. The number of thioether (sulfide) groups is 2. The molecule has 20 heavy (non-hydrogen) atoms. The maximum Gasteiger partial charge on any atom is 0.244 e. The van der Waals surface area contributed by atoms with Gasteiger partial charge in [-0.3, -0.25) is 0 Å². The van der Waals surface area contributed by atoms with Crippen molar-refractivity contribution in [2.45, 2.75) is 23.6 Å². The summed E-state index contributed by atoms with van der Waals surface area (Å²) in [5.74, 6) is 4.39. The van der Waals surface area contributed by atoms with Gasteiger partial charge in [0.15, 0.2) is 5.82 Å². The fourth-order valence-electron chi connectivity index (χ4n) is 2.05. The highest BCUT2D eigenvalue weighted by molar-refractivity contribution is 7.99. The number of hydrogen-bond donors (Lipinski definition) is 1. The molecule has 1 aliphatic rings. The number of nitrogens with one attached hydrogen (secondary N) is 1. The molecule has 2 aromatic rings. The first-order valence-electron chi connectivity index (χ1n) is 6.65. The van der Waals surface area contributed by atoms with Crippen LogP contribution in [0.5, 0.6) is 0 Å². The van der Waals surface area contributed by atoms with Crippen LogP contribution in [0.3, 0.4) is 0 Å². The van der Waals surface area contributed by atoms with Crippen LogP contribution >= 0.6 is 23.5 Å². The molecule has 0 amide bonds. The molecule has 1 atom stereocenters. The van der Waals surface area contributed by atoms with E-state index in [0.29, 0.717) is 0 Å². The lowest BCUT2D eigenvalue weighted by Gasteiger charge is -2.19. The monoisotopic (exact) mass is 307 g/mol. The van der Waals surface area contributed by atoms with Gasteiger partial charge < -0.3 is 9.84 Å². The molecule has 0 bridgehead atoms. The fraction of sp³-hybridized carbons (Fsp3) is 0.429. The Labute approximate surface area is 127 Å². The Bertz CT molecular complexity index is 567. The van der Waals surface area contributed by atoms with Crippen LogP contribution < -0.4 is 5.32 Å². The molecule has 0 radical (unpaired) electrons. The average molecular weight is 307 g/mol. The first kappa shape index (κ1) is 14.0. The van der Waals surface area contributed by atoms with E-state index in [9.17, 15) is 0 Å². The quantitative estimate of drug-likeness (QED) is 0.876. The smallest absolute Gasteiger partial charge is 0.244 e. The Morgan fingerprint density at radius 3 is 3.15 bits per heavy atom. The molecule has 1 unspecified atom stereocenters. The summed E-state index contributed by atoms with van der Waals surface area (Å²) in [5.41, 5.74) is 1.28. The first-order valence-corrected chi connectivity index (χ1v) is 8.79. The molecule has 0 saturated carbocycles. The second kappa shape index (κ2) is 6.65. The summed E-state index contributed by atoms with van der Waals surface area (Å²) in [7, 11) is 0. The van der Waals surface area contributed by atoms with Gasteiger partial charge in [-0.1, -0.05) is 23.4 Å². The number of aromatic nitrogens is 2. The number of aryl methyl sites for hydroxylation is 1. The number of benzene rings is 1. The lowest BCUT2D eigenvalue weighted by atomic mass is 10.2. The zero-order valence-electron chi connectivity index (χ0n) is 11.3. The third-order valence-corrected chi connectivity index (χ3v) is 5.39. The predicted octanol–water partition coefficient (Wildman–Crippen LogP) is 3.05. The van der Waals surface area contributed by atoms with Crippen molar-refractivity contribution in [2.24, 2.45) is 0 Å². The molecule has 4 nitrogen and oxygen atoms in total. The first-order chi connectivity index (χ1) is 9.83. The van der Waals surface area contributed by atoms with Crippen molar-refractivity contribution in [3.63, 3.8) is 0 Å². The van der Waals surface area contributed by atoms with E-state index in [1.54, 1.807) is 11.8 Å².